The second-order valence-corrected chi connectivity index (χ2v) is 15.8. The summed E-state index contributed by atoms with van der Waals surface area (Å²) in [7, 11) is 0. The van der Waals surface area contributed by atoms with Gasteiger partial charge >= 0.3 is 0 Å². The van der Waals surface area contributed by atoms with Gasteiger partial charge in [-0.1, -0.05) is 169 Å². The molecule has 42 heavy (non-hydrogen) atoms. The van der Waals surface area contributed by atoms with E-state index in [9.17, 15) is 4.79 Å². The Kier molecular flexibility index (Phi) is 26.0. The second-order valence-electron chi connectivity index (χ2n) is 15.8. The molecule has 0 N–H and O–H groups in total. The lowest BCUT2D eigenvalue weighted by Crippen LogP contribution is -2.00. The molecule has 1 nitrogen and oxygen atoms in total. The van der Waals surface area contributed by atoms with Gasteiger partial charge in [0.15, 0.2) is 0 Å². The molecule has 0 aliphatic carbocycles. The second kappa shape index (κ2) is 26.5. The summed E-state index contributed by atoms with van der Waals surface area (Å²) in [5.41, 5.74) is 2.79. The number of ketones is 1. The Labute approximate surface area is 266 Å². The molecule has 0 aromatic heterocycles. The standard InChI is InChI=1S/C41H78O/c1-33(2)17-11-19-35(5)21-13-23-37(7)25-15-27-39(9)29-31-41(42)32-30-40(10)28-16-26-38(8)24-14-22-36(6)20-12-18-34(3)4/h29-30,33-38H,11-28,31-32H2,1-10H3. The molecule has 0 saturated heterocycles. The van der Waals surface area contributed by atoms with Crippen LogP contribution in [0.5, 0.6) is 0 Å². The van der Waals surface area contributed by atoms with Crippen molar-refractivity contribution >= 4 is 5.78 Å². The zero-order valence-corrected chi connectivity index (χ0v) is 30.7. The molecule has 1 heteroatoms. The van der Waals surface area contributed by atoms with E-state index < -0.39 is 0 Å². The predicted molar refractivity (Wildman–Crippen MR) is 191 cm³/mol. The molecule has 0 aromatic carbocycles. The fraction of sp³-hybridized carbons (Fsp3) is 0.878. The zero-order valence-electron chi connectivity index (χ0n) is 30.7. The predicted octanol–water partition coefficient (Wildman–Crippen LogP) is 14.1. The lowest BCUT2D eigenvalue weighted by Gasteiger charge is -2.15. The van der Waals surface area contributed by atoms with Crippen molar-refractivity contribution in [3.8, 4) is 0 Å². The molecule has 0 aromatic rings. The topological polar surface area (TPSA) is 17.1 Å². The lowest BCUT2D eigenvalue weighted by molar-refractivity contribution is -0.117. The average molecular weight is 587 g/mol. The fourth-order valence-electron chi connectivity index (χ4n) is 6.28. The van der Waals surface area contributed by atoms with Crippen molar-refractivity contribution in [1.82, 2.24) is 0 Å². The molecule has 4 unspecified atom stereocenters. The van der Waals surface area contributed by atoms with Crippen molar-refractivity contribution in [3.05, 3.63) is 23.3 Å². The van der Waals surface area contributed by atoms with Gasteiger partial charge in [0.25, 0.3) is 0 Å². The van der Waals surface area contributed by atoms with E-state index in [4.69, 9.17) is 0 Å². The summed E-state index contributed by atoms with van der Waals surface area (Å²) in [5.74, 6) is 5.48. The summed E-state index contributed by atoms with van der Waals surface area (Å²) >= 11 is 0. The van der Waals surface area contributed by atoms with E-state index in [1.165, 1.54) is 114 Å². The van der Waals surface area contributed by atoms with Crippen LogP contribution in [-0.2, 0) is 4.79 Å². The summed E-state index contributed by atoms with van der Waals surface area (Å²) in [6, 6.07) is 0. The zero-order chi connectivity index (χ0) is 31.8. The first-order chi connectivity index (χ1) is 19.9. The highest BCUT2D eigenvalue weighted by molar-refractivity contribution is 5.81. The molecule has 0 saturated carbocycles. The first-order valence-corrected chi connectivity index (χ1v) is 18.7. The van der Waals surface area contributed by atoms with Crippen LogP contribution in [0.3, 0.4) is 0 Å². The van der Waals surface area contributed by atoms with Crippen LogP contribution in [0.1, 0.15) is 198 Å². The molecular formula is C41H78O. The number of carbonyl (C=O) groups is 1. The van der Waals surface area contributed by atoms with E-state index >= 15 is 0 Å². The molecule has 0 fully saturated rings. The number of carbonyl (C=O) groups excluding carboxylic acids is 1. The van der Waals surface area contributed by atoms with Gasteiger partial charge in [-0.05, 0) is 75.0 Å². The van der Waals surface area contributed by atoms with Crippen LogP contribution in [0.15, 0.2) is 23.3 Å². The van der Waals surface area contributed by atoms with Gasteiger partial charge in [-0.25, -0.2) is 0 Å². The number of hydrogen-bond acceptors (Lipinski definition) is 1. The van der Waals surface area contributed by atoms with Crippen LogP contribution in [0.2, 0.25) is 0 Å². The quantitative estimate of drug-likeness (QED) is 0.0833. The van der Waals surface area contributed by atoms with Gasteiger partial charge in [-0.2, -0.15) is 0 Å². The largest absolute Gasteiger partial charge is 0.299 e. The molecule has 0 aliphatic rings. The molecular weight excluding hydrogens is 508 g/mol. The Morgan fingerprint density at radius 2 is 0.690 bits per heavy atom. The Bertz CT molecular complexity index is 638. The van der Waals surface area contributed by atoms with Gasteiger partial charge in [0.2, 0.25) is 0 Å². The molecule has 0 rings (SSSR count). The van der Waals surface area contributed by atoms with Gasteiger partial charge < -0.3 is 0 Å². The third-order valence-corrected chi connectivity index (χ3v) is 9.64. The molecule has 0 amide bonds. The van der Waals surface area contributed by atoms with Crippen LogP contribution < -0.4 is 0 Å². The Hall–Kier alpha value is -0.850. The molecule has 0 spiro atoms. The highest BCUT2D eigenvalue weighted by Crippen LogP contribution is 2.24. The molecule has 0 heterocycles. The fourth-order valence-corrected chi connectivity index (χ4v) is 6.28. The van der Waals surface area contributed by atoms with Gasteiger partial charge in [0.1, 0.15) is 5.78 Å². The van der Waals surface area contributed by atoms with E-state index in [1.54, 1.807) is 0 Å². The maximum Gasteiger partial charge on any atom is 0.140 e. The highest BCUT2D eigenvalue weighted by atomic mass is 16.1. The Balaban J connectivity index is 3.93. The summed E-state index contributed by atoms with van der Waals surface area (Å²) in [6.45, 7) is 23.5. The number of rotatable bonds is 28. The minimum absolute atomic E-state index is 0.362. The third kappa shape index (κ3) is 28.0. The van der Waals surface area contributed by atoms with Crippen molar-refractivity contribution in [2.75, 3.05) is 0 Å². The van der Waals surface area contributed by atoms with Crippen molar-refractivity contribution < 1.29 is 4.79 Å². The van der Waals surface area contributed by atoms with Gasteiger partial charge in [0, 0.05) is 12.8 Å². The molecule has 0 radical (unpaired) electrons. The summed E-state index contributed by atoms with van der Waals surface area (Å²) < 4.78 is 0. The summed E-state index contributed by atoms with van der Waals surface area (Å²) in [5, 5.41) is 0. The monoisotopic (exact) mass is 587 g/mol. The maximum atomic E-state index is 12.5. The first-order valence-electron chi connectivity index (χ1n) is 18.7. The van der Waals surface area contributed by atoms with E-state index in [0.29, 0.717) is 18.6 Å². The Morgan fingerprint density at radius 3 is 0.976 bits per heavy atom. The molecule has 0 aliphatic heterocycles. The first kappa shape index (κ1) is 41.1. The van der Waals surface area contributed by atoms with Crippen molar-refractivity contribution in [2.45, 2.75) is 198 Å². The van der Waals surface area contributed by atoms with E-state index in [2.05, 4.69) is 81.4 Å². The van der Waals surface area contributed by atoms with E-state index in [-0.39, 0.29) is 0 Å². The van der Waals surface area contributed by atoms with Gasteiger partial charge in [-0.3, -0.25) is 4.79 Å². The van der Waals surface area contributed by atoms with Gasteiger partial charge in [-0.15, -0.1) is 0 Å². The van der Waals surface area contributed by atoms with Crippen molar-refractivity contribution in [1.29, 1.82) is 0 Å². The van der Waals surface area contributed by atoms with Crippen LogP contribution in [0.4, 0.5) is 0 Å². The summed E-state index contributed by atoms with van der Waals surface area (Å²) in [4.78, 5) is 12.5. The van der Waals surface area contributed by atoms with Crippen molar-refractivity contribution in [3.63, 3.8) is 0 Å². The Morgan fingerprint density at radius 1 is 0.429 bits per heavy atom. The normalized spacial score (nSPS) is 15.8. The van der Waals surface area contributed by atoms with E-state index in [0.717, 1.165) is 48.3 Å². The highest BCUT2D eigenvalue weighted by Gasteiger charge is 2.08. The van der Waals surface area contributed by atoms with Gasteiger partial charge in [0.05, 0.1) is 0 Å². The lowest BCUT2D eigenvalue weighted by atomic mass is 9.91. The minimum atomic E-state index is 0.362. The van der Waals surface area contributed by atoms with Crippen LogP contribution in [-0.4, -0.2) is 5.78 Å². The number of hydrogen-bond donors (Lipinski definition) is 0. The van der Waals surface area contributed by atoms with Crippen LogP contribution >= 0.6 is 0 Å². The van der Waals surface area contributed by atoms with Crippen LogP contribution in [0, 0.1) is 35.5 Å². The SMILES string of the molecule is CC(=CCC(=O)CC=C(C)CCCC(C)CCCC(C)CCCC(C)C)CCCC(C)CCCC(C)CCCC(C)C. The summed E-state index contributed by atoms with van der Waals surface area (Å²) in [6.07, 6.45) is 29.7. The maximum absolute atomic E-state index is 12.5. The van der Waals surface area contributed by atoms with Crippen molar-refractivity contribution in [2.24, 2.45) is 35.5 Å². The number of Topliss-reactive ketones (excluding diaryl/α,β-unsaturated/α-hetero) is 1. The minimum Gasteiger partial charge on any atom is -0.299 e. The average Bonchev–Trinajstić information content (AvgIpc) is 2.90. The molecule has 4 atom stereocenters. The smallest absolute Gasteiger partial charge is 0.140 e. The van der Waals surface area contributed by atoms with Crippen LogP contribution in [0.25, 0.3) is 0 Å². The molecule has 0 bridgehead atoms. The van der Waals surface area contributed by atoms with E-state index in [1.807, 2.05) is 0 Å². The molecule has 248 valence electrons. The number of allylic oxidation sites excluding steroid dienone is 4. The third-order valence-electron chi connectivity index (χ3n) is 9.64.